The minimum absolute atomic E-state index is 0.0139. The van der Waals surface area contributed by atoms with Gasteiger partial charge < -0.3 is 0 Å². The van der Waals surface area contributed by atoms with Crippen LogP contribution in [0.2, 0.25) is 0 Å². The molecule has 6 heteroatoms. The maximum absolute atomic E-state index is 14.2. The number of rotatable bonds is 3. The van der Waals surface area contributed by atoms with Gasteiger partial charge in [0.1, 0.15) is 17.5 Å². The highest BCUT2D eigenvalue weighted by molar-refractivity contribution is 9.11. The van der Waals surface area contributed by atoms with Gasteiger partial charge in [-0.1, -0.05) is 30.3 Å². The Hall–Kier alpha value is -1.66. The zero-order chi connectivity index (χ0) is 14.8. The normalized spacial score (nSPS) is 10.8. The van der Waals surface area contributed by atoms with Crippen molar-refractivity contribution in [2.45, 2.75) is 6.42 Å². The summed E-state index contributed by atoms with van der Waals surface area (Å²) in [5.74, 6) is -0.767. The molecule has 0 spiro atoms. The van der Waals surface area contributed by atoms with Gasteiger partial charge in [-0.2, -0.15) is 4.37 Å². The molecule has 2 nitrogen and oxygen atoms in total. The van der Waals surface area contributed by atoms with Gasteiger partial charge in [0.15, 0.2) is 3.92 Å². The molecule has 1 heterocycles. The molecule has 0 radical (unpaired) electrons. The van der Waals surface area contributed by atoms with E-state index in [9.17, 15) is 8.78 Å². The van der Waals surface area contributed by atoms with E-state index in [1.807, 2.05) is 30.3 Å². The largest absolute Gasteiger partial charge is 0.212 e. The molecule has 2 aromatic carbocycles. The van der Waals surface area contributed by atoms with E-state index in [1.54, 1.807) is 0 Å². The van der Waals surface area contributed by atoms with Crippen LogP contribution in [0.1, 0.15) is 11.4 Å². The lowest BCUT2D eigenvalue weighted by Crippen LogP contribution is -2.00. The summed E-state index contributed by atoms with van der Waals surface area (Å²) in [5, 5.41) is 0. The molecule has 0 N–H and O–H groups in total. The van der Waals surface area contributed by atoms with Crippen LogP contribution in [0.5, 0.6) is 0 Å². The Morgan fingerprint density at radius 2 is 1.67 bits per heavy atom. The SMILES string of the molecule is Fc1cc(-c2ccccc2)cc(F)c1Cc1nsc(Br)n1. The maximum atomic E-state index is 14.2. The molecule has 0 bridgehead atoms. The Kier molecular flexibility index (Phi) is 4.07. The second-order valence-electron chi connectivity index (χ2n) is 4.42. The molecular weight excluding hydrogens is 358 g/mol. The molecule has 0 aliphatic rings. The van der Waals surface area contributed by atoms with Gasteiger partial charge in [-0.05, 0) is 50.7 Å². The predicted molar refractivity (Wildman–Crippen MR) is 82.2 cm³/mol. The zero-order valence-electron chi connectivity index (χ0n) is 10.7. The van der Waals surface area contributed by atoms with E-state index in [1.165, 1.54) is 12.1 Å². The molecule has 3 aromatic rings. The molecule has 0 atom stereocenters. The molecule has 106 valence electrons. The first-order valence-corrected chi connectivity index (χ1v) is 7.71. The topological polar surface area (TPSA) is 25.8 Å². The van der Waals surface area contributed by atoms with E-state index in [-0.39, 0.29) is 12.0 Å². The summed E-state index contributed by atoms with van der Waals surface area (Å²) in [6, 6.07) is 11.8. The lowest BCUT2D eigenvalue weighted by atomic mass is 10.0. The van der Waals surface area contributed by atoms with Crippen molar-refractivity contribution in [1.82, 2.24) is 9.36 Å². The number of benzene rings is 2. The average molecular weight is 367 g/mol. The lowest BCUT2D eigenvalue weighted by molar-refractivity contribution is 0.560. The predicted octanol–water partition coefficient (Wildman–Crippen LogP) is 4.84. The zero-order valence-corrected chi connectivity index (χ0v) is 13.1. The van der Waals surface area contributed by atoms with Gasteiger partial charge >= 0.3 is 0 Å². The number of hydrogen-bond acceptors (Lipinski definition) is 3. The fourth-order valence-electron chi connectivity index (χ4n) is 2.03. The van der Waals surface area contributed by atoms with Gasteiger partial charge in [0, 0.05) is 12.0 Å². The van der Waals surface area contributed by atoms with Crippen LogP contribution in [0.15, 0.2) is 46.4 Å². The quantitative estimate of drug-likeness (QED) is 0.662. The van der Waals surface area contributed by atoms with Crippen molar-refractivity contribution in [2.75, 3.05) is 0 Å². The van der Waals surface area contributed by atoms with Crippen LogP contribution in [0.25, 0.3) is 11.1 Å². The molecular formula is C15H9BrF2N2S. The van der Waals surface area contributed by atoms with Crippen LogP contribution >= 0.6 is 27.5 Å². The minimum atomic E-state index is -0.584. The van der Waals surface area contributed by atoms with Gasteiger partial charge in [-0.25, -0.2) is 13.8 Å². The van der Waals surface area contributed by atoms with Gasteiger partial charge in [0.05, 0.1) is 0 Å². The van der Waals surface area contributed by atoms with Gasteiger partial charge in [-0.15, -0.1) is 0 Å². The monoisotopic (exact) mass is 366 g/mol. The summed E-state index contributed by atoms with van der Waals surface area (Å²) >= 11 is 4.33. The number of halogens is 3. The van der Waals surface area contributed by atoms with Crippen LogP contribution in [0.4, 0.5) is 8.78 Å². The van der Waals surface area contributed by atoms with Crippen molar-refractivity contribution in [2.24, 2.45) is 0 Å². The Morgan fingerprint density at radius 3 is 2.24 bits per heavy atom. The average Bonchev–Trinajstić information content (AvgIpc) is 2.89. The Balaban J connectivity index is 1.97. The highest BCUT2D eigenvalue weighted by atomic mass is 79.9. The van der Waals surface area contributed by atoms with E-state index in [4.69, 9.17) is 0 Å². The Morgan fingerprint density at radius 1 is 1.00 bits per heavy atom. The summed E-state index contributed by atoms with van der Waals surface area (Å²) in [6.07, 6.45) is 0.0365. The third kappa shape index (κ3) is 3.16. The molecule has 0 unspecified atom stereocenters. The van der Waals surface area contributed by atoms with Crippen LogP contribution in [-0.2, 0) is 6.42 Å². The molecule has 0 amide bonds. The summed E-state index contributed by atoms with van der Waals surface area (Å²) < 4.78 is 33.0. The lowest BCUT2D eigenvalue weighted by Gasteiger charge is -2.07. The summed E-state index contributed by atoms with van der Waals surface area (Å²) in [6.45, 7) is 0. The first-order chi connectivity index (χ1) is 10.1. The maximum Gasteiger partial charge on any atom is 0.179 e. The summed E-state index contributed by atoms with van der Waals surface area (Å²) in [7, 11) is 0. The first-order valence-electron chi connectivity index (χ1n) is 6.15. The molecule has 0 saturated carbocycles. The Labute approximate surface area is 132 Å². The van der Waals surface area contributed by atoms with Crippen LogP contribution in [0, 0.1) is 11.6 Å². The third-order valence-electron chi connectivity index (χ3n) is 3.03. The van der Waals surface area contributed by atoms with Gasteiger partial charge in [0.2, 0.25) is 0 Å². The fourth-order valence-corrected chi connectivity index (χ4v) is 2.89. The fraction of sp³-hybridized carbons (Fsp3) is 0.0667. The second kappa shape index (κ2) is 5.99. The molecule has 21 heavy (non-hydrogen) atoms. The van der Waals surface area contributed by atoms with E-state index in [0.29, 0.717) is 15.3 Å². The second-order valence-corrected chi connectivity index (χ2v) is 6.45. The first kappa shape index (κ1) is 14.3. The Bertz CT molecular complexity index is 751. The van der Waals surface area contributed by atoms with Crippen LogP contribution < -0.4 is 0 Å². The number of nitrogens with zero attached hydrogens (tertiary/aromatic N) is 2. The molecule has 1 aromatic heterocycles. The van der Waals surface area contributed by atoms with Crippen molar-refractivity contribution in [3.05, 3.63) is 69.4 Å². The van der Waals surface area contributed by atoms with Crippen molar-refractivity contribution in [3.63, 3.8) is 0 Å². The van der Waals surface area contributed by atoms with E-state index in [2.05, 4.69) is 25.3 Å². The van der Waals surface area contributed by atoms with Crippen molar-refractivity contribution in [1.29, 1.82) is 0 Å². The van der Waals surface area contributed by atoms with Crippen molar-refractivity contribution in [3.8, 4) is 11.1 Å². The molecule has 0 aliphatic heterocycles. The summed E-state index contributed by atoms with van der Waals surface area (Å²) in [5.41, 5.74) is 1.28. The van der Waals surface area contributed by atoms with E-state index < -0.39 is 11.6 Å². The molecule has 3 rings (SSSR count). The highest BCUT2D eigenvalue weighted by Crippen LogP contribution is 2.26. The number of hydrogen-bond donors (Lipinski definition) is 0. The number of aromatic nitrogens is 2. The van der Waals surface area contributed by atoms with Crippen LogP contribution in [0.3, 0.4) is 0 Å². The van der Waals surface area contributed by atoms with Crippen molar-refractivity contribution < 1.29 is 8.78 Å². The van der Waals surface area contributed by atoms with Gasteiger partial charge in [-0.3, -0.25) is 0 Å². The molecule has 0 saturated heterocycles. The summed E-state index contributed by atoms with van der Waals surface area (Å²) in [4.78, 5) is 4.06. The smallest absolute Gasteiger partial charge is 0.179 e. The minimum Gasteiger partial charge on any atom is -0.212 e. The van der Waals surface area contributed by atoms with Gasteiger partial charge in [0.25, 0.3) is 0 Å². The van der Waals surface area contributed by atoms with Crippen molar-refractivity contribution >= 4 is 27.5 Å². The van der Waals surface area contributed by atoms with E-state index >= 15 is 0 Å². The molecule has 0 aliphatic carbocycles. The standard InChI is InChI=1S/C15H9BrF2N2S/c16-15-19-14(20-21-15)8-11-12(17)6-10(7-13(11)18)9-4-2-1-3-5-9/h1-7H,8H2. The van der Waals surface area contributed by atoms with Crippen LogP contribution in [-0.4, -0.2) is 9.36 Å². The molecule has 0 fully saturated rings. The highest BCUT2D eigenvalue weighted by Gasteiger charge is 2.15. The third-order valence-corrected chi connectivity index (χ3v) is 4.18. The van der Waals surface area contributed by atoms with E-state index in [0.717, 1.165) is 17.1 Å².